The number of fused-ring (bicyclic) bond motifs is 2. The molecule has 0 radical (unpaired) electrons. The first-order valence-corrected chi connectivity index (χ1v) is 14.7. The Morgan fingerprint density at radius 1 is 1.20 bits per heavy atom. The molecule has 4 atom stereocenters. The largest absolute Gasteiger partial charge is 0.464 e. The SMILES string of the molecule is CCOC(=O)C(c1ncn2c1CC(F)C2)n1cc2c(C)cc(-c3ccc([C@H]4CCN(CC)C[C@@H]4F)cc3)c(Cl)c2n1. The van der Waals surface area contributed by atoms with Crippen molar-refractivity contribution in [2.45, 2.75) is 64.5 Å². The minimum Gasteiger partial charge on any atom is -0.464 e. The highest BCUT2D eigenvalue weighted by Gasteiger charge is 2.35. The zero-order valence-electron chi connectivity index (χ0n) is 23.5. The number of esters is 1. The number of aromatic nitrogens is 4. The van der Waals surface area contributed by atoms with E-state index >= 15 is 0 Å². The Kier molecular flexibility index (Phi) is 7.59. The summed E-state index contributed by atoms with van der Waals surface area (Å²) in [6, 6.07) is 9.01. The molecule has 4 heterocycles. The number of imidazole rings is 1. The molecular formula is C31H34ClF2N5O2. The molecular weight excluding hydrogens is 548 g/mol. The predicted octanol–water partition coefficient (Wildman–Crippen LogP) is 6.06. The van der Waals surface area contributed by atoms with Crippen LogP contribution in [0.3, 0.4) is 0 Å². The smallest absolute Gasteiger partial charge is 0.337 e. The van der Waals surface area contributed by atoms with Crippen LogP contribution in [0.25, 0.3) is 22.0 Å². The lowest BCUT2D eigenvalue weighted by atomic mass is 9.87. The van der Waals surface area contributed by atoms with Gasteiger partial charge in [0.05, 0.1) is 30.2 Å². The molecule has 0 bridgehead atoms. The molecule has 1 fully saturated rings. The van der Waals surface area contributed by atoms with Gasteiger partial charge in [-0.3, -0.25) is 4.68 Å². The molecule has 0 aliphatic carbocycles. The van der Waals surface area contributed by atoms with E-state index in [2.05, 4.69) is 16.8 Å². The van der Waals surface area contributed by atoms with Crippen LogP contribution in [-0.2, 0) is 22.5 Å². The highest BCUT2D eigenvalue weighted by molar-refractivity contribution is 6.38. The second-order valence-electron chi connectivity index (χ2n) is 11.0. The summed E-state index contributed by atoms with van der Waals surface area (Å²) in [5.41, 5.74) is 5.31. The van der Waals surface area contributed by atoms with Crippen LogP contribution in [0.15, 0.2) is 42.9 Å². The summed E-state index contributed by atoms with van der Waals surface area (Å²) in [5.74, 6) is -0.622. The molecule has 0 amide bonds. The van der Waals surface area contributed by atoms with Gasteiger partial charge < -0.3 is 14.2 Å². The van der Waals surface area contributed by atoms with Gasteiger partial charge in [-0.05, 0) is 56.1 Å². The van der Waals surface area contributed by atoms with Crippen LogP contribution in [0.2, 0.25) is 5.02 Å². The summed E-state index contributed by atoms with van der Waals surface area (Å²) in [6.07, 6.45) is 2.43. The van der Waals surface area contributed by atoms with Gasteiger partial charge in [0.2, 0.25) is 0 Å². The monoisotopic (exact) mass is 581 g/mol. The molecule has 1 saturated heterocycles. The lowest BCUT2D eigenvalue weighted by Crippen LogP contribution is -2.40. The van der Waals surface area contributed by atoms with E-state index in [1.165, 1.54) is 4.68 Å². The second-order valence-corrected chi connectivity index (χ2v) is 11.4. The van der Waals surface area contributed by atoms with E-state index < -0.39 is 24.4 Å². The van der Waals surface area contributed by atoms with Crippen LogP contribution < -0.4 is 0 Å². The van der Waals surface area contributed by atoms with E-state index in [4.69, 9.17) is 21.4 Å². The molecule has 216 valence electrons. The van der Waals surface area contributed by atoms with E-state index in [1.54, 1.807) is 24.0 Å². The molecule has 6 rings (SSSR count). The van der Waals surface area contributed by atoms with Crippen LogP contribution in [-0.4, -0.2) is 68.8 Å². The summed E-state index contributed by atoms with van der Waals surface area (Å²) in [7, 11) is 0. The molecule has 2 aromatic carbocycles. The summed E-state index contributed by atoms with van der Waals surface area (Å²) in [5, 5.41) is 6.02. The molecule has 0 N–H and O–H groups in total. The van der Waals surface area contributed by atoms with E-state index in [-0.39, 0.29) is 25.5 Å². The number of ether oxygens (including phenoxy) is 1. The molecule has 10 heteroatoms. The number of alkyl halides is 2. The van der Waals surface area contributed by atoms with E-state index in [9.17, 15) is 13.6 Å². The van der Waals surface area contributed by atoms with Crippen LogP contribution in [0.5, 0.6) is 0 Å². The number of halogens is 3. The Hall–Kier alpha value is -3.30. The third kappa shape index (κ3) is 5.03. The highest BCUT2D eigenvalue weighted by Crippen LogP contribution is 2.39. The molecule has 0 spiro atoms. The van der Waals surface area contributed by atoms with E-state index in [1.807, 2.05) is 37.3 Å². The predicted molar refractivity (Wildman–Crippen MR) is 155 cm³/mol. The Labute approximate surface area is 243 Å². The number of piperidine rings is 1. The first kappa shape index (κ1) is 27.8. The fourth-order valence-corrected chi connectivity index (χ4v) is 6.60. The van der Waals surface area contributed by atoms with Gasteiger partial charge >= 0.3 is 5.97 Å². The number of hydrogen-bond acceptors (Lipinski definition) is 5. The summed E-state index contributed by atoms with van der Waals surface area (Å²) < 4.78 is 37.8. The van der Waals surface area contributed by atoms with Gasteiger partial charge in [-0.2, -0.15) is 5.10 Å². The third-order valence-electron chi connectivity index (χ3n) is 8.51. The average molecular weight is 582 g/mol. The first-order chi connectivity index (χ1) is 19.8. The summed E-state index contributed by atoms with van der Waals surface area (Å²) in [4.78, 5) is 19.8. The number of nitrogens with zero attached hydrogens (tertiary/aromatic N) is 5. The molecule has 2 aliphatic rings. The van der Waals surface area contributed by atoms with Crippen molar-refractivity contribution < 1.29 is 18.3 Å². The molecule has 2 aliphatic heterocycles. The maximum Gasteiger partial charge on any atom is 0.337 e. The molecule has 2 unspecified atom stereocenters. The molecule has 2 aromatic heterocycles. The van der Waals surface area contributed by atoms with E-state index in [0.29, 0.717) is 28.5 Å². The molecule has 7 nitrogen and oxygen atoms in total. The van der Waals surface area contributed by atoms with Crippen LogP contribution in [0, 0.1) is 6.92 Å². The topological polar surface area (TPSA) is 65.2 Å². The normalized spacial score (nSPS) is 21.8. The molecule has 41 heavy (non-hydrogen) atoms. The Morgan fingerprint density at radius 3 is 2.68 bits per heavy atom. The van der Waals surface area contributed by atoms with Gasteiger partial charge in [-0.1, -0.05) is 42.8 Å². The van der Waals surface area contributed by atoms with Crippen LogP contribution in [0.1, 0.15) is 54.7 Å². The quantitative estimate of drug-likeness (QED) is 0.248. The van der Waals surface area contributed by atoms with E-state index in [0.717, 1.165) is 47.2 Å². The van der Waals surface area contributed by atoms with Gasteiger partial charge in [0, 0.05) is 41.7 Å². The van der Waals surface area contributed by atoms with Crippen molar-refractivity contribution >= 4 is 28.5 Å². The number of hydrogen-bond donors (Lipinski definition) is 0. The minimum atomic E-state index is -1.02. The van der Waals surface area contributed by atoms with Gasteiger partial charge in [0.15, 0.2) is 6.04 Å². The zero-order valence-corrected chi connectivity index (χ0v) is 24.2. The van der Waals surface area contributed by atoms with Crippen molar-refractivity contribution in [2.75, 3.05) is 26.2 Å². The number of likely N-dealkylation sites (tertiary alicyclic amines) is 1. The van der Waals surface area contributed by atoms with Crippen molar-refractivity contribution in [3.05, 3.63) is 70.4 Å². The summed E-state index contributed by atoms with van der Waals surface area (Å²) in [6.45, 7) is 8.42. The molecule has 4 aromatic rings. The van der Waals surface area contributed by atoms with Crippen molar-refractivity contribution in [2.24, 2.45) is 0 Å². The minimum absolute atomic E-state index is 0.112. The number of rotatable bonds is 7. The molecule has 0 saturated carbocycles. The fourth-order valence-electron chi connectivity index (χ4n) is 6.29. The van der Waals surface area contributed by atoms with Gasteiger partial charge in [-0.25, -0.2) is 18.6 Å². The number of carbonyl (C=O) groups is 1. The van der Waals surface area contributed by atoms with Crippen LogP contribution in [0.4, 0.5) is 8.78 Å². The van der Waals surface area contributed by atoms with Gasteiger partial charge in [0.25, 0.3) is 0 Å². The summed E-state index contributed by atoms with van der Waals surface area (Å²) >= 11 is 6.96. The highest BCUT2D eigenvalue weighted by atomic mass is 35.5. The zero-order chi connectivity index (χ0) is 28.8. The Morgan fingerprint density at radius 2 is 1.98 bits per heavy atom. The fraction of sp³-hybridized carbons (Fsp3) is 0.452. The number of carbonyl (C=O) groups excluding carboxylic acids is 1. The van der Waals surface area contributed by atoms with Crippen molar-refractivity contribution in [1.82, 2.24) is 24.2 Å². The lowest BCUT2D eigenvalue weighted by Gasteiger charge is -2.34. The standard InChI is InChI=1S/C31H34ClF2N5O2/c1-4-37-11-10-22(25(34)16-37)19-6-8-20(9-7-19)23-12-18(3)24-15-39(36-28(24)27(23)32)30(31(40)41-5-2)29-26-13-21(33)14-38(26)17-35-29/h6-9,12,15,17,21-22,25,30H,4-5,10-11,13-14,16H2,1-3H3/t21?,22-,25+,30?/m1/s1. The first-order valence-electron chi connectivity index (χ1n) is 14.3. The third-order valence-corrected chi connectivity index (χ3v) is 8.89. The van der Waals surface area contributed by atoms with Gasteiger partial charge in [-0.15, -0.1) is 0 Å². The maximum atomic E-state index is 14.9. The number of aryl methyl sites for hydroxylation is 1. The van der Waals surface area contributed by atoms with Crippen molar-refractivity contribution in [3.8, 4) is 11.1 Å². The maximum absolute atomic E-state index is 14.9. The Bertz CT molecular complexity index is 1580. The van der Waals surface area contributed by atoms with Gasteiger partial charge in [0.1, 0.15) is 17.9 Å². The second kappa shape index (κ2) is 11.2. The Balaban J connectivity index is 1.35. The average Bonchev–Trinajstić information content (AvgIpc) is 3.67. The lowest BCUT2D eigenvalue weighted by molar-refractivity contribution is -0.146. The number of benzene rings is 2. The van der Waals surface area contributed by atoms with Crippen molar-refractivity contribution in [3.63, 3.8) is 0 Å². The van der Waals surface area contributed by atoms with Crippen LogP contribution >= 0.6 is 11.6 Å². The van der Waals surface area contributed by atoms with Crippen molar-refractivity contribution in [1.29, 1.82) is 0 Å².